The first-order valence-corrected chi connectivity index (χ1v) is 7.75. The Morgan fingerprint density at radius 2 is 2.00 bits per heavy atom. The van der Waals surface area contributed by atoms with E-state index >= 15 is 0 Å². The van der Waals surface area contributed by atoms with E-state index in [1.807, 2.05) is 0 Å². The Morgan fingerprint density at radius 3 is 2.65 bits per heavy atom. The van der Waals surface area contributed by atoms with Crippen LogP contribution >= 0.6 is 0 Å². The van der Waals surface area contributed by atoms with Crippen LogP contribution in [0, 0.1) is 0 Å². The third-order valence-electron chi connectivity index (χ3n) is 3.15. The lowest BCUT2D eigenvalue weighted by molar-refractivity contribution is -0.134. The van der Waals surface area contributed by atoms with Crippen molar-refractivity contribution in [3.63, 3.8) is 0 Å². The van der Waals surface area contributed by atoms with E-state index in [1.54, 1.807) is 18.2 Å². The molecule has 4 nitrogen and oxygen atoms in total. The number of rotatable bonds is 4. The summed E-state index contributed by atoms with van der Waals surface area (Å²) in [6, 6.07) is 4.88. The molecule has 1 aliphatic heterocycles. The van der Waals surface area contributed by atoms with Crippen molar-refractivity contribution in [1.29, 1.82) is 0 Å². The maximum absolute atomic E-state index is 12.1. The van der Waals surface area contributed by atoms with Crippen molar-refractivity contribution in [2.75, 3.05) is 22.3 Å². The van der Waals surface area contributed by atoms with E-state index in [9.17, 15) is 21.6 Å². The van der Waals surface area contributed by atoms with Gasteiger partial charge in [-0.2, -0.15) is 13.2 Å². The first-order valence-electron chi connectivity index (χ1n) is 6.15. The fourth-order valence-electron chi connectivity index (χ4n) is 2.25. The van der Waals surface area contributed by atoms with Crippen molar-refractivity contribution in [3.8, 4) is 0 Å². The smallest absolute Gasteiger partial charge is 0.389 e. The number of fused-ring (bicyclic) bond motifs is 1. The molecule has 0 radical (unpaired) electrons. The van der Waals surface area contributed by atoms with Gasteiger partial charge in [0.15, 0.2) is 0 Å². The van der Waals surface area contributed by atoms with E-state index in [0.717, 1.165) is 5.56 Å². The normalized spacial score (nSPS) is 15.4. The third kappa shape index (κ3) is 3.36. The molecule has 0 aliphatic carbocycles. The third-order valence-corrected chi connectivity index (χ3v) is 5.01. The summed E-state index contributed by atoms with van der Waals surface area (Å²) in [5, 5.41) is 0. The molecule has 0 spiro atoms. The number of nitrogens with two attached hydrogens (primary N) is 1. The van der Waals surface area contributed by atoms with Gasteiger partial charge in [-0.15, -0.1) is 0 Å². The minimum atomic E-state index is -4.33. The lowest BCUT2D eigenvalue weighted by atomic mass is 10.1. The highest BCUT2D eigenvalue weighted by molar-refractivity contribution is 7.92. The van der Waals surface area contributed by atoms with Crippen LogP contribution < -0.4 is 10.0 Å². The summed E-state index contributed by atoms with van der Waals surface area (Å²) in [4.78, 5) is 0. The molecule has 8 heteroatoms. The lowest BCUT2D eigenvalue weighted by Crippen LogP contribution is -2.31. The van der Waals surface area contributed by atoms with Gasteiger partial charge in [-0.3, -0.25) is 4.31 Å². The molecule has 0 unspecified atom stereocenters. The van der Waals surface area contributed by atoms with Crippen molar-refractivity contribution in [2.45, 2.75) is 25.4 Å². The van der Waals surface area contributed by atoms with E-state index in [4.69, 9.17) is 5.73 Å². The Kier molecular flexibility index (Phi) is 3.86. The SMILES string of the molecule is Nc1ccc2c(c1)CCN2S(=O)(=O)CCCC(F)(F)F. The molecular weight excluding hydrogens is 293 g/mol. The fraction of sp³-hybridized carbons (Fsp3) is 0.500. The molecule has 0 amide bonds. The van der Waals surface area contributed by atoms with Gasteiger partial charge in [0.1, 0.15) is 0 Å². The maximum Gasteiger partial charge on any atom is 0.389 e. The van der Waals surface area contributed by atoms with Gasteiger partial charge in [0, 0.05) is 18.7 Å². The second-order valence-corrected chi connectivity index (χ2v) is 6.76. The average Bonchev–Trinajstić information content (AvgIpc) is 2.70. The molecule has 20 heavy (non-hydrogen) atoms. The summed E-state index contributed by atoms with van der Waals surface area (Å²) in [7, 11) is -3.72. The molecule has 0 saturated heterocycles. The second-order valence-electron chi connectivity index (χ2n) is 4.75. The highest BCUT2D eigenvalue weighted by Crippen LogP contribution is 2.32. The number of hydrogen-bond acceptors (Lipinski definition) is 3. The average molecular weight is 308 g/mol. The number of alkyl halides is 3. The zero-order valence-corrected chi connectivity index (χ0v) is 11.5. The molecule has 1 heterocycles. The van der Waals surface area contributed by atoms with Gasteiger partial charge in [0.2, 0.25) is 10.0 Å². The number of nitrogens with zero attached hydrogens (tertiary/aromatic N) is 1. The van der Waals surface area contributed by atoms with Gasteiger partial charge in [-0.05, 0) is 36.6 Å². The number of anilines is 2. The van der Waals surface area contributed by atoms with E-state index in [0.29, 0.717) is 17.8 Å². The van der Waals surface area contributed by atoms with E-state index in [1.165, 1.54) is 4.31 Å². The van der Waals surface area contributed by atoms with E-state index in [2.05, 4.69) is 0 Å². The van der Waals surface area contributed by atoms with Crippen molar-refractivity contribution in [1.82, 2.24) is 0 Å². The van der Waals surface area contributed by atoms with Crippen molar-refractivity contribution in [3.05, 3.63) is 23.8 Å². The van der Waals surface area contributed by atoms with Crippen LogP contribution in [0.15, 0.2) is 18.2 Å². The molecule has 2 rings (SSSR count). The molecular formula is C12H15F3N2O2S. The predicted octanol–water partition coefficient (Wildman–Crippen LogP) is 2.30. The zero-order valence-electron chi connectivity index (χ0n) is 10.7. The van der Waals surface area contributed by atoms with E-state index in [-0.39, 0.29) is 6.54 Å². The van der Waals surface area contributed by atoms with Gasteiger partial charge in [0.05, 0.1) is 11.4 Å². The Hall–Kier alpha value is -1.44. The summed E-state index contributed by atoms with van der Waals surface area (Å²) < 4.78 is 61.6. The summed E-state index contributed by atoms with van der Waals surface area (Å²) >= 11 is 0. The molecule has 0 saturated carbocycles. The summed E-state index contributed by atoms with van der Waals surface area (Å²) in [6.07, 6.45) is -5.31. The number of benzene rings is 1. The van der Waals surface area contributed by atoms with Crippen LogP contribution in [0.5, 0.6) is 0 Å². The quantitative estimate of drug-likeness (QED) is 0.868. The molecule has 0 aromatic heterocycles. The van der Waals surface area contributed by atoms with Crippen LogP contribution in [-0.4, -0.2) is 26.9 Å². The summed E-state index contributed by atoms with van der Waals surface area (Å²) in [6.45, 7) is 0.257. The first-order chi connectivity index (χ1) is 9.19. The maximum atomic E-state index is 12.1. The monoisotopic (exact) mass is 308 g/mol. The molecule has 0 atom stereocenters. The van der Waals surface area contributed by atoms with Gasteiger partial charge >= 0.3 is 6.18 Å². The lowest BCUT2D eigenvalue weighted by Gasteiger charge is -2.19. The molecule has 2 N–H and O–H groups in total. The minimum absolute atomic E-state index is 0.257. The fourth-order valence-corrected chi connectivity index (χ4v) is 3.82. The van der Waals surface area contributed by atoms with Gasteiger partial charge in [-0.25, -0.2) is 8.42 Å². The highest BCUT2D eigenvalue weighted by Gasteiger charge is 2.32. The molecule has 0 fully saturated rings. The molecule has 1 aliphatic rings. The van der Waals surface area contributed by atoms with Crippen LogP contribution in [0.25, 0.3) is 0 Å². The number of halogens is 3. The standard InChI is InChI=1S/C12H15F3N2O2S/c13-12(14,15)5-1-7-20(18,19)17-6-4-9-8-10(16)2-3-11(9)17/h2-3,8H,1,4-7,16H2. The number of nitrogen functional groups attached to an aromatic ring is 1. The zero-order chi connectivity index (χ0) is 15.0. The Balaban J connectivity index is 2.09. The minimum Gasteiger partial charge on any atom is -0.399 e. The summed E-state index contributed by atoms with van der Waals surface area (Å²) in [5.74, 6) is -0.504. The van der Waals surface area contributed by atoms with Crippen LogP contribution in [-0.2, 0) is 16.4 Å². The van der Waals surface area contributed by atoms with Crippen LogP contribution in [0.2, 0.25) is 0 Å². The Labute approximate surface area is 115 Å². The second kappa shape index (κ2) is 5.16. The Bertz CT molecular complexity index is 599. The van der Waals surface area contributed by atoms with Crippen LogP contribution in [0.1, 0.15) is 18.4 Å². The van der Waals surface area contributed by atoms with Crippen molar-refractivity contribution < 1.29 is 21.6 Å². The van der Waals surface area contributed by atoms with Crippen molar-refractivity contribution in [2.24, 2.45) is 0 Å². The topological polar surface area (TPSA) is 63.4 Å². The number of sulfonamides is 1. The van der Waals surface area contributed by atoms with Crippen LogP contribution in [0.3, 0.4) is 0 Å². The van der Waals surface area contributed by atoms with Gasteiger partial charge in [0.25, 0.3) is 0 Å². The largest absolute Gasteiger partial charge is 0.399 e. The first kappa shape index (κ1) is 15.0. The predicted molar refractivity (Wildman–Crippen MR) is 71.0 cm³/mol. The molecule has 1 aromatic carbocycles. The number of hydrogen-bond donors (Lipinski definition) is 1. The van der Waals surface area contributed by atoms with Gasteiger partial charge < -0.3 is 5.73 Å². The molecule has 0 bridgehead atoms. The highest BCUT2D eigenvalue weighted by atomic mass is 32.2. The molecule has 112 valence electrons. The summed E-state index contributed by atoms with van der Waals surface area (Å²) in [5.41, 5.74) is 7.49. The van der Waals surface area contributed by atoms with Crippen LogP contribution in [0.4, 0.5) is 24.5 Å². The van der Waals surface area contributed by atoms with E-state index < -0.39 is 34.8 Å². The van der Waals surface area contributed by atoms with Crippen molar-refractivity contribution >= 4 is 21.4 Å². The Morgan fingerprint density at radius 1 is 1.30 bits per heavy atom. The van der Waals surface area contributed by atoms with Gasteiger partial charge in [-0.1, -0.05) is 0 Å². The molecule has 1 aromatic rings.